The van der Waals surface area contributed by atoms with Crippen LogP contribution in [0.4, 0.5) is 0 Å². The molecule has 0 spiro atoms. The molecule has 2 fully saturated rings. The summed E-state index contributed by atoms with van der Waals surface area (Å²) in [7, 11) is 0. The van der Waals surface area contributed by atoms with Crippen LogP contribution in [0.15, 0.2) is 182 Å². The predicted molar refractivity (Wildman–Crippen MR) is 270 cm³/mol. The Hall–Kier alpha value is -4.74. The smallest absolute Gasteiger partial charge is 0.265 e. The molecule has 8 rings (SSSR count). The molecule has 10 atom stereocenters. The van der Waals surface area contributed by atoms with Gasteiger partial charge in [0.15, 0.2) is 6.29 Å². The summed E-state index contributed by atoms with van der Waals surface area (Å²) in [5.74, 6) is -0.736. The highest BCUT2D eigenvalue weighted by Crippen LogP contribution is 2.37. The van der Waals surface area contributed by atoms with Gasteiger partial charge in [0.05, 0.1) is 52.9 Å². The fourth-order valence-corrected chi connectivity index (χ4v) is 8.43. The molecule has 0 amide bonds. The first-order valence-electron chi connectivity index (χ1n) is 23.5. The number of aliphatic hydroxyl groups excluding tert-OH is 1. The highest BCUT2D eigenvalue weighted by molar-refractivity contribution is 6.76. The number of rotatable bonds is 23. The van der Waals surface area contributed by atoms with Gasteiger partial charge in [0.1, 0.15) is 48.8 Å². The third-order valence-corrected chi connectivity index (χ3v) is 12.4. The molecule has 0 bridgehead atoms. The Labute approximate surface area is 430 Å². The van der Waals surface area contributed by atoms with E-state index < -0.39 is 71.1 Å². The first kappa shape index (κ1) is 52.6. The van der Waals surface area contributed by atoms with Gasteiger partial charge in [0.2, 0.25) is 12.2 Å². The van der Waals surface area contributed by atoms with Gasteiger partial charge in [-0.05, 0) is 33.4 Å². The Kier molecular flexibility index (Phi) is 19.9. The van der Waals surface area contributed by atoms with Crippen LogP contribution in [0.1, 0.15) is 33.4 Å². The normalized spacial score (nSPS) is 24.6. The maximum Gasteiger partial charge on any atom is 0.265 e. The van der Waals surface area contributed by atoms with Crippen LogP contribution in [0.2, 0.25) is 0 Å². The number of alkyl halides is 3. The van der Waals surface area contributed by atoms with E-state index in [0.29, 0.717) is 6.61 Å². The Balaban J connectivity index is 1.17. The molecule has 0 radical (unpaired) electrons. The molecule has 15 heteroatoms. The van der Waals surface area contributed by atoms with E-state index >= 15 is 0 Å². The molecular formula is C56H58Cl3NO11. The molecule has 6 aromatic rings. The van der Waals surface area contributed by atoms with Gasteiger partial charge < -0.3 is 52.5 Å². The fraction of sp³-hybridized carbons (Fsp3) is 0.339. The van der Waals surface area contributed by atoms with Gasteiger partial charge in [-0.3, -0.25) is 5.41 Å². The molecule has 2 aliphatic rings. The van der Waals surface area contributed by atoms with Gasteiger partial charge >= 0.3 is 0 Å². The van der Waals surface area contributed by atoms with Gasteiger partial charge in [-0.1, -0.05) is 217 Å². The zero-order valence-electron chi connectivity index (χ0n) is 38.9. The van der Waals surface area contributed by atoms with Crippen molar-refractivity contribution in [3.8, 4) is 0 Å². The summed E-state index contributed by atoms with van der Waals surface area (Å²) in [6, 6.07) is 58.2. The lowest BCUT2D eigenvalue weighted by atomic mass is 9.96. The molecule has 0 unspecified atom stereocenters. The minimum atomic E-state index is -2.25. The number of hydrogen-bond acceptors (Lipinski definition) is 12. The van der Waals surface area contributed by atoms with Crippen LogP contribution >= 0.6 is 34.8 Å². The summed E-state index contributed by atoms with van der Waals surface area (Å²) in [5.41, 5.74) is 5.43. The highest BCUT2D eigenvalue weighted by Gasteiger charge is 2.54. The van der Waals surface area contributed by atoms with E-state index in [9.17, 15) is 5.11 Å². The average molecular weight is 1030 g/mol. The number of hydrogen-bond donors (Lipinski definition) is 2. The molecule has 2 saturated heterocycles. The van der Waals surface area contributed by atoms with Crippen molar-refractivity contribution in [2.24, 2.45) is 0 Å². The SMILES string of the molecule is N=C(O[C@H]1O[C@H](COCc2ccccc2)[C@@H](O[C@@H]2O[C@H](COCc3ccccc3)[C@H](OCc3ccccc3)[C@H](OCc3ccccc3)[C@H]2OCc2ccccc2)[C@H](O)[C@H]1OCc1ccccc1)C(Cl)(Cl)Cl. The lowest BCUT2D eigenvalue weighted by molar-refractivity contribution is -0.369. The van der Waals surface area contributed by atoms with Crippen molar-refractivity contribution in [2.45, 2.75) is 105 Å². The van der Waals surface area contributed by atoms with Gasteiger partial charge in [-0.25, -0.2) is 0 Å². The van der Waals surface area contributed by atoms with Gasteiger partial charge in [0.25, 0.3) is 3.79 Å². The molecule has 2 N–H and O–H groups in total. The van der Waals surface area contributed by atoms with Crippen LogP contribution in [-0.4, -0.2) is 89.4 Å². The molecule has 0 aromatic heterocycles. The van der Waals surface area contributed by atoms with E-state index in [4.69, 9.17) is 87.6 Å². The molecule has 71 heavy (non-hydrogen) atoms. The van der Waals surface area contributed by atoms with Crippen LogP contribution in [0.25, 0.3) is 0 Å². The summed E-state index contributed by atoms with van der Waals surface area (Å²) in [4.78, 5) is 0. The van der Waals surface area contributed by atoms with E-state index in [2.05, 4.69) is 0 Å². The van der Waals surface area contributed by atoms with Crippen molar-refractivity contribution < 1.29 is 52.5 Å². The third-order valence-electron chi connectivity index (χ3n) is 11.9. The molecule has 374 valence electrons. The number of aliphatic hydroxyl groups is 1. The van der Waals surface area contributed by atoms with Crippen molar-refractivity contribution >= 4 is 40.7 Å². The lowest BCUT2D eigenvalue weighted by Gasteiger charge is -2.49. The summed E-state index contributed by atoms with van der Waals surface area (Å²) in [5, 5.41) is 21.2. The zero-order chi connectivity index (χ0) is 49.3. The first-order valence-corrected chi connectivity index (χ1v) is 24.6. The Morgan fingerprint density at radius 2 is 0.746 bits per heavy atom. The van der Waals surface area contributed by atoms with E-state index in [0.717, 1.165) is 33.4 Å². The van der Waals surface area contributed by atoms with Crippen LogP contribution in [-0.2, 0) is 87.0 Å². The monoisotopic (exact) mass is 1030 g/mol. The van der Waals surface area contributed by atoms with E-state index in [-0.39, 0.29) is 46.2 Å². The zero-order valence-corrected chi connectivity index (χ0v) is 41.2. The van der Waals surface area contributed by atoms with Crippen molar-refractivity contribution in [1.82, 2.24) is 0 Å². The highest BCUT2D eigenvalue weighted by atomic mass is 35.6. The molecule has 2 aliphatic heterocycles. The summed E-state index contributed by atoms with van der Waals surface area (Å²) in [6.45, 7) is 1.03. The maximum absolute atomic E-state index is 12.7. The van der Waals surface area contributed by atoms with Gasteiger partial charge in [-0.2, -0.15) is 0 Å². The van der Waals surface area contributed by atoms with Crippen molar-refractivity contribution in [1.29, 1.82) is 5.41 Å². The second-order valence-electron chi connectivity index (χ2n) is 17.2. The third kappa shape index (κ3) is 15.6. The standard InChI is InChI=1S/C56H58Cl3NO11/c57-56(58,59)55(60)71-53-50(65-34-42-25-13-4-14-26-42)47(61)48(45(68-53)37-62-31-39-19-7-1-8-20-39)70-54-52(67-36-44-29-17-6-18-30-44)51(66-35-43-27-15-5-16-28-43)49(64-33-41-23-11-3-12-24-41)46(69-54)38-63-32-40-21-9-2-10-22-40/h1-30,45-54,60-61H,31-38H2/t45-,46-,47+,48-,49+,50-,51+,52-,53-,54+/m1/s1. The van der Waals surface area contributed by atoms with Crippen LogP contribution in [0, 0.1) is 5.41 Å². The average Bonchev–Trinajstić information content (AvgIpc) is 3.39. The van der Waals surface area contributed by atoms with Crippen LogP contribution in [0.5, 0.6) is 0 Å². The molecule has 6 aromatic carbocycles. The summed E-state index contributed by atoms with van der Waals surface area (Å²) >= 11 is 18.4. The quantitative estimate of drug-likeness (QED) is 0.0361. The minimum Gasteiger partial charge on any atom is -0.445 e. The van der Waals surface area contributed by atoms with Crippen LogP contribution in [0.3, 0.4) is 0 Å². The van der Waals surface area contributed by atoms with Crippen molar-refractivity contribution in [2.75, 3.05) is 13.2 Å². The lowest BCUT2D eigenvalue weighted by Crippen LogP contribution is -2.66. The Morgan fingerprint density at radius 1 is 0.423 bits per heavy atom. The van der Waals surface area contributed by atoms with Crippen molar-refractivity contribution in [3.63, 3.8) is 0 Å². The Morgan fingerprint density at radius 3 is 1.14 bits per heavy atom. The fourth-order valence-electron chi connectivity index (χ4n) is 8.30. The number of halogens is 3. The molecular weight excluding hydrogens is 969 g/mol. The number of ether oxygens (including phenoxy) is 10. The molecule has 0 aliphatic carbocycles. The second-order valence-corrected chi connectivity index (χ2v) is 19.4. The van der Waals surface area contributed by atoms with Gasteiger partial charge in [0, 0.05) is 0 Å². The largest absolute Gasteiger partial charge is 0.445 e. The van der Waals surface area contributed by atoms with E-state index in [1.54, 1.807) is 0 Å². The van der Waals surface area contributed by atoms with E-state index in [1.807, 2.05) is 182 Å². The van der Waals surface area contributed by atoms with E-state index in [1.165, 1.54) is 0 Å². The maximum atomic E-state index is 12.7. The number of benzene rings is 6. The topological polar surface area (TPSA) is 136 Å². The second kappa shape index (κ2) is 26.8. The summed E-state index contributed by atoms with van der Waals surface area (Å²) < 4.78 is 64.2. The molecule has 2 heterocycles. The summed E-state index contributed by atoms with van der Waals surface area (Å²) in [6.07, 6.45) is -11.3. The van der Waals surface area contributed by atoms with Crippen LogP contribution < -0.4 is 0 Å². The number of nitrogens with one attached hydrogen (secondary N) is 1. The molecule has 12 nitrogen and oxygen atoms in total. The first-order chi connectivity index (χ1) is 34.7. The Bertz CT molecular complexity index is 2440. The minimum absolute atomic E-state index is 0.0220. The van der Waals surface area contributed by atoms with Gasteiger partial charge in [-0.15, -0.1) is 0 Å². The predicted octanol–water partition coefficient (Wildman–Crippen LogP) is 10.3. The van der Waals surface area contributed by atoms with Crippen molar-refractivity contribution in [3.05, 3.63) is 215 Å². The molecule has 0 saturated carbocycles.